The number of aryl methyl sites for hydroxylation is 2. The second-order valence-corrected chi connectivity index (χ2v) is 6.55. The Labute approximate surface area is 144 Å². The Morgan fingerprint density at radius 3 is 2.46 bits per heavy atom. The molecule has 0 aromatic heterocycles. The largest absolute Gasteiger partial charge is 0.353 e. The summed E-state index contributed by atoms with van der Waals surface area (Å²) in [6.45, 7) is 6.23. The van der Waals surface area contributed by atoms with Crippen LogP contribution < -0.4 is 10.6 Å². The third-order valence-corrected chi connectivity index (χ3v) is 4.43. The van der Waals surface area contributed by atoms with E-state index in [-0.39, 0.29) is 18.0 Å². The SMILES string of the molecule is CCCNC(=O)N1CCC(NC(=O)CCc2ccc(C)cc2)CC1. The van der Waals surface area contributed by atoms with E-state index in [0.717, 1.165) is 25.7 Å². The Bertz CT molecular complexity index is 534. The smallest absolute Gasteiger partial charge is 0.317 e. The Morgan fingerprint density at radius 1 is 1.17 bits per heavy atom. The van der Waals surface area contributed by atoms with Gasteiger partial charge < -0.3 is 15.5 Å². The van der Waals surface area contributed by atoms with Crippen LogP contribution in [0.4, 0.5) is 4.79 Å². The monoisotopic (exact) mass is 331 g/mol. The number of likely N-dealkylation sites (tertiary alicyclic amines) is 1. The maximum atomic E-state index is 12.1. The van der Waals surface area contributed by atoms with Gasteiger partial charge in [-0.2, -0.15) is 0 Å². The molecule has 1 aromatic rings. The van der Waals surface area contributed by atoms with Crippen molar-refractivity contribution in [1.29, 1.82) is 0 Å². The quantitative estimate of drug-likeness (QED) is 0.842. The molecule has 1 saturated heterocycles. The first kappa shape index (κ1) is 18.3. The molecule has 1 aliphatic rings. The fraction of sp³-hybridized carbons (Fsp3) is 0.579. The van der Waals surface area contributed by atoms with Gasteiger partial charge in [-0.25, -0.2) is 4.79 Å². The topological polar surface area (TPSA) is 61.4 Å². The Kier molecular flexibility index (Phi) is 7.09. The first-order valence-corrected chi connectivity index (χ1v) is 8.96. The predicted molar refractivity (Wildman–Crippen MR) is 95.9 cm³/mol. The summed E-state index contributed by atoms with van der Waals surface area (Å²) in [4.78, 5) is 25.8. The zero-order valence-electron chi connectivity index (χ0n) is 14.8. The summed E-state index contributed by atoms with van der Waals surface area (Å²) in [5.41, 5.74) is 2.43. The fourth-order valence-electron chi connectivity index (χ4n) is 2.88. The zero-order valence-corrected chi connectivity index (χ0v) is 14.8. The second-order valence-electron chi connectivity index (χ2n) is 6.55. The lowest BCUT2D eigenvalue weighted by Crippen LogP contribution is -2.49. The molecule has 24 heavy (non-hydrogen) atoms. The van der Waals surface area contributed by atoms with E-state index < -0.39 is 0 Å². The number of nitrogens with zero attached hydrogens (tertiary/aromatic N) is 1. The molecule has 0 aliphatic carbocycles. The number of carbonyl (C=O) groups excluding carboxylic acids is 2. The van der Waals surface area contributed by atoms with Gasteiger partial charge in [-0.05, 0) is 38.2 Å². The summed E-state index contributed by atoms with van der Waals surface area (Å²) in [5, 5.41) is 6.01. The molecule has 0 saturated carbocycles. The van der Waals surface area contributed by atoms with Gasteiger partial charge in [0.1, 0.15) is 0 Å². The van der Waals surface area contributed by atoms with Crippen LogP contribution in [-0.4, -0.2) is 42.5 Å². The molecule has 1 aromatic carbocycles. The van der Waals surface area contributed by atoms with Crippen LogP contribution in [0.25, 0.3) is 0 Å². The molecule has 0 atom stereocenters. The van der Waals surface area contributed by atoms with E-state index in [4.69, 9.17) is 0 Å². The Balaban J connectivity index is 1.66. The van der Waals surface area contributed by atoms with E-state index >= 15 is 0 Å². The van der Waals surface area contributed by atoms with Crippen molar-refractivity contribution >= 4 is 11.9 Å². The number of piperidine rings is 1. The van der Waals surface area contributed by atoms with Crippen molar-refractivity contribution in [2.24, 2.45) is 0 Å². The summed E-state index contributed by atoms with van der Waals surface area (Å²) in [6, 6.07) is 8.51. The van der Waals surface area contributed by atoms with Crippen LogP contribution in [0.1, 0.15) is 43.7 Å². The molecule has 5 heteroatoms. The molecule has 132 valence electrons. The molecular formula is C19H29N3O2. The van der Waals surface area contributed by atoms with Crippen molar-refractivity contribution in [1.82, 2.24) is 15.5 Å². The number of amides is 3. The van der Waals surface area contributed by atoms with Crippen LogP contribution in [0.2, 0.25) is 0 Å². The van der Waals surface area contributed by atoms with Gasteiger partial charge in [-0.1, -0.05) is 36.8 Å². The minimum atomic E-state index is 0.0148. The summed E-state index contributed by atoms with van der Waals surface area (Å²) in [6.07, 6.45) is 3.88. The maximum absolute atomic E-state index is 12.1. The molecule has 0 spiro atoms. The van der Waals surface area contributed by atoms with Gasteiger partial charge in [0, 0.05) is 32.1 Å². The molecular weight excluding hydrogens is 302 g/mol. The molecule has 1 aliphatic heterocycles. The van der Waals surface area contributed by atoms with E-state index in [1.807, 2.05) is 11.8 Å². The van der Waals surface area contributed by atoms with Crippen molar-refractivity contribution in [2.45, 2.75) is 52.0 Å². The van der Waals surface area contributed by atoms with Crippen molar-refractivity contribution in [3.63, 3.8) is 0 Å². The lowest BCUT2D eigenvalue weighted by atomic mass is 10.0. The van der Waals surface area contributed by atoms with Crippen LogP contribution >= 0.6 is 0 Å². The van der Waals surface area contributed by atoms with Crippen LogP contribution in [0.3, 0.4) is 0 Å². The highest BCUT2D eigenvalue weighted by atomic mass is 16.2. The zero-order chi connectivity index (χ0) is 17.4. The third-order valence-electron chi connectivity index (χ3n) is 4.43. The molecule has 0 bridgehead atoms. The summed E-state index contributed by atoms with van der Waals surface area (Å²) in [5.74, 6) is 0.101. The van der Waals surface area contributed by atoms with Gasteiger partial charge in [0.15, 0.2) is 0 Å². The van der Waals surface area contributed by atoms with E-state index in [2.05, 4.69) is 41.8 Å². The maximum Gasteiger partial charge on any atom is 0.317 e. The number of carbonyl (C=O) groups is 2. The second kappa shape index (κ2) is 9.30. The predicted octanol–water partition coefficient (Wildman–Crippen LogP) is 2.63. The first-order chi connectivity index (χ1) is 11.6. The van der Waals surface area contributed by atoms with E-state index in [9.17, 15) is 9.59 Å². The van der Waals surface area contributed by atoms with E-state index in [1.165, 1.54) is 11.1 Å². The number of nitrogens with one attached hydrogen (secondary N) is 2. The van der Waals surface area contributed by atoms with Gasteiger partial charge in [0.2, 0.25) is 5.91 Å². The molecule has 2 rings (SSSR count). The molecule has 3 amide bonds. The molecule has 0 radical (unpaired) electrons. The number of hydrogen-bond acceptors (Lipinski definition) is 2. The highest BCUT2D eigenvalue weighted by Crippen LogP contribution is 2.11. The van der Waals surface area contributed by atoms with E-state index in [1.54, 1.807) is 0 Å². The number of benzene rings is 1. The number of urea groups is 1. The average Bonchev–Trinajstić information content (AvgIpc) is 2.60. The van der Waals surface area contributed by atoms with Crippen molar-refractivity contribution in [3.8, 4) is 0 Å². The average molecular weight is 331 g/mol. The van der Waals surface area contributed by atoms with Gasteiger partial charge >= 0.3 is 6.03 Å². The summed E-state index contributed by atoms with van der Waals surface area (Å²) >= 11 is 0. The number of hydrogen-bond donors (Lipinski definition) is 2. The molecule has 2 N–H and O–H groups in total. The van der Waals surface area contributed by atoms with Crippen LogP contribution in [0.15, 0.2) is 24.3 Å². The third kappa shape index (κ3) is 5.87. The summed E-state index contributed by atoms with van der Waals surface area (Å²) in [7, 11) is 0. The minimum absolute atomic E-state index is 0.0148. The van der Waals surface area contributed by atoms with Crippen LogP contribution in [0.5, 0.6) is 0 Å². The normalized spacial score (nSPS) is 15.2. The van der Waals surface area contributed by atoms with Crippen LogP contribution in [0, 0.1) is 6.92 Å². The van der Waals surface area contributed by atoms with Crippen LogP contribution in [-0.2, 0) is 11.2 Å². The lowest BCUT2D eigenvalue weighted by molar-refractivity contribution is -0.122. The molecule has 0 unspecified atom stereocenters. The lowest BCUT2D eigenvalue weighted by Gasteiger charge is -2.32. The minimum Gasteiger partial charge on any atom is -0.353 e. The van der Waals surface area contributed by atoms with Crippen molar-refractivity contribution in [3.05, 3.63) is 35.4 Å². The fourth-order valence-corrected chi connectivity index (χ4v) is 2.88. The van der Waals surface area contributed by atoms with Gasteiger partial charge in [-0.3, -0.25) is 4.79 Å². The van der Waals surface area contributed by atoms with Crippen molar-refractivity contribution in [2.75, 3.05) is 19.6 Å². The standard InChI is InChI=1S/C19H29N3O2/c1-3-12-20-19(24)22-13-10-17(11-14-22)21-18(23)9-8-16-6-4-15(2)5-7-16/h4-7,17H,3,8-14H2,1-2H3,(H,20,24)(H,21,23). The Hall–Kier alpha value is -2.04. The van der Waals surface area contributed by atoms with E-state index in [0.29, 0.717) is 26.1 Å². The molecule has 5 nitrogen and oxygen atoms in total. The summed E-state index contributed by atoms with van der Waals surface area (Å²) < 4.78 is 0. The Morgan fingerprint density at radius 2 is 1.83 bits per heavy atom. The van der Waals surface area contributed by atoms with Crippen molar-refractivity contribution < 1.29 is 9.59 Å². The molecule has 1 heterocycles. The number of rotatable bonds is 6. The van der Waals surface area contributed by atoms with Gasteiger partial charge in [-0.15, -0.1) is 0 Å². The highest BCUT2D eigenvalue weighted by Gasteiger charge is 2.23. The van der Waals surface area contributed by atoms with Gasteiger partial charge in [0.25, 0.3) is 0 Å². The highest BCUT2D eigenvalue weighted by molar-refractivity contribution is 5.77. The molecule has 1 fully saturated rings. The first-order valence-electron chi connectivity index (χ1n) is 8.96. The van der Waals surface area contributed by atoms with Gasteiger partial charge in [0.05, 0.1) is 0 Å².